The molecule has 13 heavy (non-hydrogen) atoms. The fraction of sp³-hybridized carbons (Fsp3) is 0.700. The summed E-state index contributed by atoms with van der Waals surface area (Å²) in [7, 11) is 1.77. The highest BCUT2D eigenvalue weighted by molar-refractivity contribution is 5.78. The Hall–Kier alpha value is -0.830. The maximum Gasteiger partial charge on any atom is 0.0277 e. The third kappa shape index (κ3) is 3.19. The number of aliphatic imine (C=N–C) groups is 1. The largest absolute Gasteiger partial charge is 0.404 e. The predicted octanol–water partition coefficient (Wildman–Crippen LogP) is 0.871. The van der Waals surface area contributed by atoms with Crippen LogP contribution in [0.15, 0.2) is 16.8 Å². The molecular formula is C10H19N3. The maximum absolute atomic E-state index is 5.46. The number of nitrogens with two attached hydrogens (primary N) is 1. The van der Waals surface area contributed by atoms with Gasteiger partial charge in [-0.2, -0.15) is 0 Å². The van der Waals surface area contributed by atoms with E-state index in [0.29, 0.717) is 0 Å². The molecule has 1 aliphatic rings. The first-order valence-electron chi connectivity index (χ1n) is 4.81. The average Bonchev–Trinajstić information content (AvgIpc) is 2.08. The van der Waals surface area contributed by atoms with Gasteiger partial charge in [-0.05, 0) is 24.1 Å². The fourth-order valence-corrected chi connectivity index (χ4v) is 1.65. The molecule has 0 aromatic rings. The molecular weight excluding hydrogens is 162 g/mol. The first-order valence-corrected chi connectivity index (χ1v) is 4.81. The van der Waals surface area contributed by atoms with Crippen LogP contribution in [0.5, 0.6) is 0 Å². The van der Waals surface area contributed by atoms with Gasteiger partial charge in [0.05, 0.1) is 0 Å². The van der Waals surface area contributed by atoms with Crippen LogP contribution in [0.1, 0.15) is 13.3 Å². The standard InChI is InChI=1S/C10H19N3/c1-9-7-13(8-9)4-3-10(5-11)6-12-2/h5-6,9H,3-4,7-8,11H2,1-2H3/b10-5-,12-6+. The predicted molar refractivity (Wildman–Crippen MR) is 56.9 cm³/mol. The van der Waals surface area contributed by atoms with E-state index in [0.717, 1.165) is 24.5 Å². The van der Waals surface area contributed by atoms with Crippen LogP contribution in [0.4, 0.5) is 0 Å². The molecule has 0 atom stereocenters. The van der Waals surface area contributed by atoms with Gasteiger partial charge in [-0.15, -0.1) is 0 Å². The SMILES string of the molecule is C/N=C/C(=C\N)CCN1CC(C)C1. The lowest BCUT2D eigenvalue weighted by Gasteiger charge is -2.37. The summed E-state index contributed by atoms with van der Waals surface area (Å²) in [4.78, 5) is 6.39. The molecule has 0 saturated carbocycles. The Labute approximate surface area is 80.3 Å². The lowest BCUT2D eigenvalue weighted by molar-refractivity contribution is 0.115. The van der Waals surface area contributed by atoms with Crippen molar-refractivity contribution >= 4 is 6.21 Å². The first kappa shape index (κ1) is 10.3. The van der Waals surface area contributed by atoms with E-state index in [1.165, 1.54) is 13.1 Å². The van der Waals surface area contributed by atoms with Crippen LogP contribution in [-0.4, -0.2) is 37.8 Å². The van der Waals surface area contributed by atoms with E-state index >= 15 is 0 Å². The minimum Gasteiger partial charge on any atom is -0.404 e. The molecule has 1 aliphatic heterocycles. The highest BCUT2D eigenvalue weighted by Crippen LogP contribution is 2.14. The fourth-order valence-electron chi connectivity index (χ4n) is 1.65. The Balaban J connectivity index is 2.17. The van der Waals surface area contributed by atoms with Gasteiger partial charge in [0.15, 0.2) is 0 Å². The summed E-state index contributed by atoms with van der Waals surface area (Å²) in [6, 6.07) is 0. The molecule has 1 saturated heterocycles. The van der Waals surface area contributed by atoms with E-state index < -0.39 is 0 Å². The second-order valence-corrected chi connectivity index (χ2v) is 3.74. The third-order valence-electron chi connectivity index (χ3n) is 2.37. The maximum atomic E-state index is 5.46. The number of rotatable bonds is 4. The molecule has 3 heteroatoms. The van der Waals surface area contributed by atoms with Gasteiger partial charge in [0.25, 0.3) is 0 Å². The Morgan fingerprint density at radius 3 is 2.77 bits per heavy atom. The van der Waals surface area contributed by atoms with Crippen LogP contribution in [0.25, 0.3) is 0 Å². The highest BCUT2D eigenvalue weighted by atomic mass is 15.2. The Bertz CT molecular complexity index is 202. The lowest BCUT2D eigenvalue weighted by Crippen LogP contribution is -2.45. The molecule has 1 fully saturated rings. The molecule has 0 aliphatic carbocycles. The quantitative estimate of drug-likeness (QED) is 0.654. The molecule has 1 rings (SSSR count). The Kier molecular flexibility index (Phi) is 3.96. The number of nitrogens with zero attached hydrogens (tertiary/aromatic N) is 2. The monoisotopic (exact) mass is 181 g/mol. The first-order chi connectivity index (χ1) is 6.26. The van der Waals surface area contributed by atoms with Gasteiger partial charge >= 0.3 is 0 Å². The van der Waals surface area contributed by atoms with Crippen molar-refractivity contribution in [1.82, 2.24) is 4.90 Å². The van der Waals surface area contributed by atoms with Crippen molar-refractivity contribution < 1.29 is 0 Å². The molecule has 1 heterocycles. The van der Waals surface area contributed by atoms with E-state index in [-0.39, 0.29) is 0 Å². The summed E-state index contributed by atoms with van der Waals surface area (Å²) in [5, 5.41) is 0. The summed E-state index contributed by atoms with van der Waals surface area (Å²) < 4.78 is 0. The lowest BCUT2D eigenvalue weighted by atomic mass is 10.0. The summed E-state index contributed by atoms with van der Waals surface area (Å²) in [5.74, 6) is 0.880. The van der Waals surface area contributed by atoms with Crippen molar-refractivity contribution in [3.05, 3.63) is 11.8 Å². The van der Waals surface area contributed by atoms with Crippen molar-refractivity contribution in [2.24, 2.45) is 16.6 Å². The van der Waals surface area contributed by atoms with Crippen molar-refractivity contribution in [3.8, 4) is 0 Å². The van der Waals surface area contributed by atoms with Gasteiger partial charge in [0.1, 0.15) is 0 Å². The summed E-state index contributed by atoms with van der Waals surface area (Å²) in [6.07, 6.45) is 4.50. The van der Waals surface area contributed by atoms with Gasteiger partial charge in [0.2, 0.25) is 0 Å². The van der Waals surface area contributed by atoms with Crippen LogP contribution in [0.2, 0.25) is 0 Å². The minimum atomic E-state index is 0.880. The Morgan fingerprint density at radius 1 is 1.62 bits per heavy atom. The Morgan fingerprint density at radius 2 is 2.31 bits per heavy atom. The molecule has 0 bridgehead atoms. The molecule has 2 N–H and O–H groups in total. The number of likely N-dealkylation sites (tertiary alicyclic amines) is 1. The molecule has 0 unspecified atom stereocenters. The number of hydrogen-bond acceptors (Lipinski definition) is 3. The molecule has 0 aromatic carbocycles. The highest BCUT2D eigenvalue weighted by Gasteiger charge is 2.21. The molecule has 0 amide bonds. The molecule has 74 valence electrons. The van der Waals surface area contributed by atoms with E-state index in [2.05, 4.69) is 16.8 Å². The second kappa shape index (κ2) is 5.02. The van der Waals surface area contributed by atoms with E-state index in [1.54, 1.807) is 13.2 Å². The van der Waals surface area contributed by atoms with Crippen molar-refractivity contribution in [2.45, 2.75) is 13.3 Å². The third-order valence-corrected chi connectivity index (χ3v) is 2.37. The summed E-state index contributed by atoms with van der Waals surface area (Å²) >= 11 is 0. The van der Waals surface area contributed by atoms with Gasteiger partial charge < -0.3 is 10.6 Å². The second-order valence-electron chi connectivity index (χ2n) is 3.74. The average molecular weight is 181 g/mol. The zero-order valence-corrected chi connectivity index (χ0v) is 8.53. The number of hydrogen-bond donors (Lipinski definition) is 1. The van der Waals surface area contributed by atoms with Gasteiger partial charge in [-0.25, -0.2) is 0 Å². The van der Waals surface area contributed by atoms with Crippen LogP contribution in [0, 0.1) is 5.92 Å². The van der Waals surface area contributed by atoms with Gasteiger partial charge in [0, 0.05) is 32.9 Å². The van der Waals surface area contributed by atoms with Gasteiger partial charge in [-0.1, -0.05) is 6.92 Å². The topological polar surface area (TPSA) is 41.6 Å². The van der Waals surface area contributed by atoms with E-state index in [1.807, 2.05) is 6.21 Å². The normalized spacial score (nSPS) is 20.9. The zero-order chi connectivity index (χ0) is 9.68. The molecule has 3 nitrogen and oxygen atoms in total. The summed E-state index contributed by atoms with van der Waals surface area (Å²) in [6.45, 7) is 5.87. The summed E-state index contributed by atoms with van der Waals surface area (Å²) in [5.41, 5.74) is 6.59. The molecule has 0 spiro atoms. The van der Waals surface area contributed by atoms with Crippen LogP contribution < -0.4 is 5.73 Å². The van der Waals surface area contributed by atoms with Crippen LogP contribution in [0.3, 0.4) is 0 Å². The van der Waals surface area contributed by atoms with Crippen LogP contribution >= 0.6 is 0 Å². The van der Waals surface area contributed by atoms with E-state index in [9.17, 15) is 0 Å². The minimum absolute atomic E-state index is 0.880. The van der Waals surface area contributed by atoms with Crippen molar-refractivity contribution in [3.63, 3.8) is 0 Å². The molecule has 0 aromatic heterocycles. The van der Waals surface area contributed by atoms with Crippen LogP contribution in [-0.2, 0) is 0 Å². The molecule has 0 radical (unpaired) electrons. The van der Waals surface area contributed by atoms with E-state index in [4.69, 9.17) is 5.73 Å². The van der Waals surface area contributed by atoms with Crippen molar-refractivity contribution in [1.29, 1.82) is 0 Å². The van der Waals surface area contributed by atoms with Gasteiger partial charge in [-0.3, -0.25) is 4.99 Å². The smallest absolute Gasteiger partial charge is 0.0277 e. The zero-order valence-electron chi connectivity index (χ0n) is 8.53. The van der Waals surface area contributed by atoms with Crippen molar-refractivity contribution in [2.75, 3.05) is 26.7 Å².